The third-order valence-corrected chi connectivity index (χ3v) is 7.91. The molecule has 0 radical (unpaired) electrons. The molecular weight excluding hydrogens is 446 g/mol. The molecule has 174 valence electrons. The number of H-pyrrole nitrogens is 1. The Kier molecular flexibility index (Phi) is 7.58. The van der Waals surface area contributed by atoms with Crippen molar-refractivity contribution in [1.82, 2.24) is 15.3 Å². The van der Waals surface area contributed by atoms with Crippen LogP contribution in [-0.2, 0) is 12.0 Å². The second-order valence-corrected chi connectivity index (χ2v) is 10.0. The van der Waals surface area contributed by atoms with E-state index in [1.165, 1.54) is 58.4 Å². The first-order valence-corrected chi connectivity index (χ1v) is 13.0. The molecule has 0 amide bonds. The van der Waals surface area contributed by atoms with Crippen LogP contribution in [0.3, 0.4) is 0 Å². The van der Waals surface area contributed by atoms with Gasteiger partial charge in [0.05, 0.1) is 17.3 Å². The summed E-state index contributed by atoms with van der Waals surface area (Å²) in [7, 11) is 0. The van der Waals surface area contributed by atoms with Crippen molar-refractivity contribution in [3.63, 3.8) is 0 Å². The maximum atomic E-state index is 5.11. The van der Waals surface area contributed by atoms with Crippen LogP contribution in [0.15, 0.2) is 60.0 Å². The zero-order valence-corrected chi connectivity index (χ0v) is 21.2. The van der Waals surface area contributed by atoms with Crippen LogP contribution in [0.1, 0.15) is 74.7 Å². The van der Waals surface area contributed by atoms with Crippen LogP contribution in [0.4, 0.5) is 0 Å². The third kappa shape index (κ3) is 4.62. The van der Waals surface area contributed by atoms with Crippen LogP contribution in [0, 0.1) is 0 Å². The first-order valence-electron chi connectivity index (χ1n) is 12.1. The van der Waals surface area contributed by atoms with E-state index in [-0.39, 0.29) is 24.0 Å². The fourth-order valence-electron chi connectivity index (χ4n) is 5.30. The number of nitrogens with one attached hydrogen (secondary N) is 2. The SMILES string of the molecule is CCCCC1(CCCC)N[C@@H](c2nc(-c3ccccc3)cs2)Cc2c1[nH]c1ccccc21.Cl. The molecule has 0 fully saturated rings. The summed E-state index contributed by atoms with van der Waals surface area (Å²) < 4.78 is 0. The van der Waals surface area contributed by atoms with E-state index in [1.807, 2.05) is 0 Å². The quantitative estimate of drug-likeness (QED) is 0.267. The maximum Gasteiger partial charge on any atom is 0.111 e. The van der Waals surface area contributed by atoms with Crippen molar-refractivity contribution in [2.75, 3.05) is 0 Å². The molecule has 3 nitrogen and oxygen atoms in total. The number of halogens is 1. The molecule has 2 N–H and O–H groups in total. The second-order valence-electron chi connectivity index (χ2n) is 9.15. The lowest BCUT2D eigenvalue weighted by Crippen LogP contribution is -2.49. The standard InChI is InChI=1S/C28H33N3S.ClH/c1-3-5-16-28(17-6-4-2)26-22(21-14-10-11-15-23(21)29-26)18-24(31-28)27-30-25(19-32-27)20-12-8-7-9-13-20;/h7-15,19,24,29,31H,3-6,16-18H2,1-2H3;1H/t24-;/m1./s1. The highest BCUT2D eigenvalue weighted by atomic mass is 35.5. The minimum Gasteiger partial charge on any atom is -0.357 e. The molecule has 0 unspecified atom stereocenters. The predicted molar refractivity (Wildman–Crippen MR) is 143 cm³/mol. The summed E-state index contributed by atoms with van der Waals surface area (Å²) in [6, 6.07) is 19.6. The molecule has 33 heavy (non-hydrogen) atoms. The summed E-state index contributed by atoms with van der Waals surface area (Å²) in [5.41, 5.74) is 6.46. The van der Waals surface area contributed by atoms with Gasteiger partial charge in [-0.25, -0.2) is 4.98 Å². The van der Waals surface area contributed by atoms with Crippen LogP contribution >= 0.6 is 23.7 Å². The highest BCUT2D eigenvalue weighted by Gasteiger charge is 2.42. The molecule has 3 heterocycles. The van der Waals surface area contributed by atoms with E-state index in [2.05, 4.69) is 84.1 Å². The van der Waals surface area contributed by atoms with Gasteiger partial charge in [-0.15, -0.1) is 23.7 Å². The van der Waals surface area contributed by atoms with Gasteiger partial charge in [0.2, 0.25) is 0 Å². The van der Waals surface area contributed by atoms with Gasteiger partial charge in [0, 0.05) is 27.5 Å². The molecule has 0 bridgehead atoms. The number of para-hydroxylation sites is 1. The van der Waals surface area contributed by atoms with Crippen LogP contribution in [-0.4, -0.2) is 9.97 Å². The maximum absolute atomic E-state index is 5.11. The Labute approximate surface area is 207 Å². The van der Waals surface area contributed by atoms with Gasteiger partial charge < -0.3 is 4.98 Å². The van der Waals surface area contributed by atoms with E-state index in [4.69, 9.17) is 4.98 Å². The van der Waals surface area contributed by atoms with Gasteiger partial charge in [-0.3, -0.25) is 5.32 Å². The topological polar surface area (TPSA) is 40.7 Å². The first-order chi connectivity index (χ1) is 15.7. The molecule has 0 saturated carbocycles. The smallest absolute Gasteiger partial charge is 0.111 e. The molecule has 5 rings (SSSR count). The number of fused-ring (bicyclic) bond motifs is 3. The predicted octanol–water partition coefficient (Wildman–Crippen LogP) is 8.18. The van der Waals surface area contributed by atoms with E-state index in [0.29, 0.717) is 0 Å². The minimum atomic E-state index is -0.0120. The molecule has 5 heteroatoms. The van der Waals surface area contributed by atoms with Gasteiger partial charge in [0.1, 0.15) is 5.01 Å². The van der Waals surface area contributed by atoms with E-state index in [1.54, 1.807) is 11.3 Å². The molecule has 1 aliphatic rings. The lowest BCUT2D eigenvalue weighted by Gasteiger charge is -2.42. The molecule has 4 aromatic rings. The Morgan fingerprint density at radius 2 is 1.67 bits per heavy atom. The number of rotatable bonds is 8. The van der Waals surface area contributed by atoms with Crippen molar-refractivity contribution in [2.45, 2.75) is 70.4 Å². The molecular formula is C28H34ClN3S. The Bertz CT molecular complexity index is 1170. The average Bonchev–Trinajstić information content (AvgIpc) is 3.48. The van der Waals surface area contributed by atoms with Crippen molar-refractivity contribution in [2.24, 2.45) is 0 Å². The highest BCUT2D eigenvalue weighted by Crippen LogP contribution is 2.45. The fourth-order valence-corrected chi connectivity index (χ4v) is 6.17. The number of nitrogens with zero attached hydrogens (tertiary/aromatic N) is 1. The van der Waals surface area contributed by atoms with Crippen LogP contribution in [0.5, 0.6) is 0 Å². The lowest BCUT2D eigenvalue weighted by molar-refractivity contribution is 0.215. The summed E-state index contributed by atoms with van der Waals surface area (Å²) in [6.45, 7) is 4.60. The molecule has 1 atom stereocenters. The first kappa shape index (κ1) is 24.0. The van der Waals surface area contributed by atoms with Gasteiger partial charge in [-0.1, -0.05) is 88.1 Å². The van der Waals surface area contributed by atoms with Crippen molar-refractivity contribution < 1.29 is 0 Å². The van der Waals surface area contributed by atoms with Crippen LogP contribution in [0.2, 0.25) is 0 Å². The van der Waals surface area contributed by atoms with Gasteiger partial charge >= 0.3 is 0 Å². The Morgan fingerprint density at radius 3 is 2.39 bits per heavy atom. The Morgan fingerprint density at radius 1 is 0.970 bits per heavy atom. The largest absolute Gasteiger partial charge is 0.357 e. The molecule has 2 aromatic carbocycles. The zero-order valence-electron chi connectivity index (χ0n) is 19.6. The summed E-state index contributed by atoms with van der Waals surface area (Å²) in [5.74, 6) is 0. The summed E-state index contributed by atoms with van der Waals surface area (Å²) in [5, 5.41) is 8.96. The van der Waals surface area contributed by atoms with Gasteiger partial charge in [-0.2, -0.15) is 0 Å². The number of benzene rings is 2. The average molecular weight is 480 g/mol. The number of thiazole rings is 1. The fraction of sp³-hybridized carbons (Fsp3) is 0.393. The van der Waals surface area contributed by atoms with Crippen molar-refractivity contribution in [3.8, 4) is 11.3 Å². The van der Waals surface area contributed by atoms with Crippen LogP contribution in [0.25, 0.3) is 22.2 Å². The number of unbranched alkanes of at least 4 members (excludes halogenated alkanes) is 2. The monoisotopic (exact) mass is 479 g/mol. The van der Waals surface area contributed by atoms with Gasteiger partial charge in [-0.05, 0) is 30.9 Å². The van der Waals surface area contributed by atoms with Crippen molar-refractivity contribution in [3.05, 3.63) is 76.2 Å². The number of aromatic amines is 1. The van der Waals surface area contributed by atoms with Crippen LogP contribution < -0.4 is 5.32 Å². The Balaban J connectivity index is 0.00000259. The normalized spacial score (nSPS) is 17.0. The summed E-state index contributed by atoms with van der Waals surface area (Å²) in [4.78, 5) is 8.96. The zero-order chi connectivity index (χ0) is 22.0. The molecule has 0 aliphatic carbocycles. The molecule has 0 saturated heterocycles. The molecule has 1 aliphatic heterocycles. The second kappa shape index (κ2) is 10.4. The number of aromatic nitrogens is 2. The summed E-state index contributed by atoms with van der Waals surface area (Å²) >= 11 is 1.80. The molecule has 2 aromatic heterocycles. The van der Waals surface area contributed by atoms with Gasteiger partial charge in [0.25, 0.3) is 0 Å². The van der Waals surface area contributed by atoms with E-state index in [0.717, 1.165) is 25.0 Å². The third-order valence-electron chi connectivity index (χ3n) is 6.95. The Hall–Kier alpha value is -2.14. The van der Waals surface area contributed by atoms with Gasteiger partial charge in [0.15, 0.2) is 0 Å². The van der Waals surface area contributed by atoms with E-state index >= 15 is 0 Å². The van der Waals surface area contributed by atoms with E-state index in [9.17, 15) is 0 Å². The number of hydrogen-bond acceptors (Lipinski definition) is 3. The van der Waals surface area contributed by atoms with Crippen molar-refractivity contribution >= 4 is 34.6 Å². The lowest BCUT2D eigenvalue weighted by atomic mass is 9.77. The number of hydrogen-bond donors (Lipinski definition) is 2. The van der Waals surface area contributed by atoms with Crippen molar-refractivity contribution in [1.29, 1.82) is 0 Å². The minimum absolute atomic E-state index is 0. The highest BCUT2D eigenvalue weighted by molar-refractivity contribution is 7.10. The molecule has 0 spiro atoms. The van der Waals surface area contributed by atoms with E-state index < -0.39 is 0 Å². The summed E-state index contributed by atoms with van der Waals surface area (Å²) in [6.07, 6.45) is 8.20.